The van der Waals surface area contributed by atoms with Gasteiger partial charge in [-0.05, 0) is 55.3 Å². The number of hydrogen-bond acceptors (Lipinski definition) is 7. The molecule has 1 atom stereocenters. The Morgan fingerprint density at radius 2 is 1.57 bits per heavy atom. The first kappa shape index (κ1) is 26.4. The van der Waals surface area contributed by atoms with Crippen LogP contribution in [0.1, 0.15) is 33.7 Å². The first-order valence-electron chi connectivity index (χ1n) is 12.8. The standard InChI is InChI=1S/C33H28N2O5/c1-21-6-10-23(11-7-21)19-37-26-5-3-4-24(16-26)32-28-15-14-27(17-30(28)40-33(35)29(32)18-34)39-31(36)20-38-25-12-8-22(2)9-13-25/h3-17,32H,19-20,35H2,1-2H3. The summed E-state index contributed by atoms with van der Waals surface area (Å²) < 4.78 is 22.8. The Hall–Kier alpha value is -5.22. The summed E-state index contributed by atoms with van der Waals surface area (Å²) in [5, 5.41) is 9.92. The van der Waals surface area contributed by atoms with Gasteiger partial charge in [0, 0.05) is 11.6 Å². The summed E-state index contributed by atoms with van der Waals surface area (Å²) in [7, 11) is 0. The number of nitrogens with zero attached hydrogens (tertiary/aromatic N) is 1. The molecule has 0 aliphatic carbocycles. The van der Waals surface area contributed by atoms with Gasteiger partial charge in [-0.1, -0.05) is 65.7 Å². The zero-order chi connectivity index (χ0) is 28.1. The van der Waals surface area contributed by atoms with E-state index < -0.39 is 11.9 Å². The fraction of sp³-hybridized carbons (Fsp3) is 0.152. The van der Waals surface area contributed by atoms with E-state index in [4.69, 9.17) is 24.7 Å². The Bertz CT molecular complexity index is 1600. The smallest absolute Gasteiger partial charge is 0.349 e. The molecule has 1 aliphatic rings. The molecule has 0 fully saturated rings. The van der Waals surface area contributed by atoms with Crippen LogP contribution in [-0.2, 0) is 11.4 Å². The number of hydrogen-bond donors (Lipinski definition) is 1. The lowest BCUT2D eigenvalue weighted by Crippen LogP contribution is -2.21. The van der Waals surface area contributed by atoms with Gasteiger partial charge in [0.15, 0.2) is 6.61 Å². The van der Waals surface area contributed by atoms with Gasteiger partial charge in [0.05, 0.1) is 5.92 Å². The van der Waals surface area contributed by atoms with Crippen LogP contribution in [0.2, 0.25) is 0 Å². The van der Waals surface area contributed by atoms with Crippen LogP contribution in [0.5, 0.6) is 23.0 Å². The summed E-state index contributed by atoms with van der Waals surface area (Å²) in [6, 6.07) is 30.3. The molecule has 1 heterocycles. The van der Waals surface area contributed by atoms with Crippen molar-refractivity contribution in [1.29, 1.82) is 5.26 Å². The summed E-state index contributed by atoms with van der Waals surface area (Å²) in [6.07, 6.45) is 0. The van der Waals surface area contributed by atoms with Crippen LogP contribution in [-0.4, -0.2) is 12.6 Å². The van der Waals surface area contributed by atoms with Crippen molar-refractivity contribution in [2.24, 2.45) is 5.73 Å². The molecule has 0 spiro atoms. The van der Waals surface area contributed by atoms with Crippen LogP contribution in [0, 0.1) is 25.2 Å². The van der Waals surface area contributed by atoms with E-state index in [0.29, 0.717) is 29.4 Å². The summed E-state index contributed by atoms with van der Waals surface area (Å²) in [6.45, 7) is 4.18. The Morgan fingerprint density at radius 1 is 0.875 bits per heavy atom. The lowest BCUT2D eigenvalue weighted by Gasteiger charge is -2.27. The van der Waals surface area contributed by atoms with Crippen LogP contribution < -0.4 is 24.7 Å². The number of aryl methyl sites for hydroxylation is 2. The van der Waals surface area contributed by atoms with E-state index in [1.807, 2.05) is 74.5 Å². The minimum Gasteiger partial charge on any atom is -0.489 e. The van der Waals surface area contributed by atoms with Crippen LogP contribution in [0.3, 0.4) is 0 Å². The van der Waals surface area contributed by atoms with Gasteiger partial charge in [-0.25, -0.2) is 4.79 Å². The Balaban J connectivity index is 1.33. The van der Waals surface area contributed by atoms with Gasteiger partial charge in [0.25, 0.3) is 0 Å². The molecular weight excluding hydrogens is 504 g/mol. The fourth-order valence-corrected chi connectivity index (χ4v) is 4.41. The highest BCUT2D eigenvalue weighted by Crippen LogP contribution is 2.44. The van der Waals surface area contributed by atoms with Gasteiger partial charge in [-0.2, -0.15) is 5.26 Å². The molecule has 4 aromatic rings. The third kappa shape index (κ3) is 6.08. The lowest BCUT2D eigenvalue weighted by atomic mass is 9.83. The number of allylic oxidation sites excluding steroid dienone is 1. The first-order chi connectivity index (χ1) is 19.4. The van der Waals surface area contributed by atoms with E-state index in [0.717, 1.165) is 22.3 Å². The van der Waals surface area contributed by atoms with E-state index >= 15 is 0 Å². The molecule has 40 heavy (non-hydrogen) atoms. The number of rotatable bonds is 8. The monoisotopic (exact) mass is 532 g/mol. The van der Waals surface area contributed by atoms with Crippen LogP contribution >= 0.6 is 0 Å². The van der Waals surface area contributed by atoms with E-state index in [1.54, 1.807) is 30.3 Å². The molecule has 0 amide bonds. The van der Waals surface area contributed by atoms with Crippen LogP contribution in [0.15, 0.2) is 102 Å². The third-order valence-electron chi connectivity index (χ3n) is 6.52. The summed E-state index contributed by atoms with van der Waals surface area (Å²) in [5.74, 6) is 0.874. The highest BCUT2D eigenvalue weighted by Gasteiger charge is 2.31. The van der Waals surface area contributed by atoms with Crippen molar-refractivity contribution in [3.05, 3.63) is 130 Å². The normalized spacial score (nSPS) is 14.0. The van der Waals surface area contributed by atoms with E-state index in [1.165, 1.54) is 5.56 Å². The lowest BCUT2D eigenvalue weighted by molar-refractivity contribution is -0.136. The molecule has 5 rings (SSSR count). The molecule has 1 aliphatic heterocycles. The molecule has 0 saturated carbocycles. The quantitative estimate of drug-likeness (QED) is 0.216. The number of nitrogens with two attached hydrogens (primary N) is 1. The first-order valence-corrected chi connectivity index (χ1v) is 12.8. The van der Waals surface area contributed by atoms with E-state index in [2.05, 4.69) is 6.07 Å². The molecule has 200 valence electrons. The van der Waals surface area contributed by atoms with Crippen LogP contribution in [0.4, 0.5) is 0 Å². The molecule has 2 N–H and O–H groups in total. The third-order valence-corrected chi connectivity index (χ3v) is 6.52. The molecule has 0 aromatic heterocycles. The Labute approximate surface area is 233 Å². The zero-order valence-electron chi connectivity index (χ0n) is 22.2. The van der Waals surface area contributed by atoms with Crippen molar-refractivity contribution in [3.63, 3.8) is 0 Å². The Kier molecular flexibility index (Phi) is 7.70. The van der Waals surface area contributed by atoms with Crippen molar-refractivity contribution in [2.75, 3.05) is 6.61 Å². The van der Waals surface area contributed by atoms with Crippen molar-refractivity contribution in [1.82, 2.24) is 0 Å². The SMILES string of the molecule is Cc1ccc(COc2cccc(C3C(C#N)=C(N)Oc4cc(OC(=O)COc5ccc(C)cc5)ccc43)c2)cc1. The minimum atomic E-state index is -0.562. The van der Waals surface area contributed by atoms with E-state index in [-0.39, 0.29) is 18.2 Å². The number of esters is 1. The predicted molar refractivity (Wildman–Crippen MR) is 150 cm³/mol. The molecule has 1 unspecified atom stereocenters. The second kappa shape index (κ2) is 11.7. The maximum atomic E-state index is 12.4. The number of nitriles is 1. The topological polar surface area (TPSA) is 104 Å². The summed E-state index contributed by atoms with van der Waals surface area (Å²) in [5.41, 5.74) is 11.3. The van der Waals surface area contributed by atoms with Gasteiger partial charge in [-0.3, -0.25) is 0 Å². The summed E-state index contributed by atoms with van der Waals surface area (Å²) in [4.78, 5) is 12.4. The largest absolute Gasteiger partial charge is 0.489 e. The molecule has 4 aromatic carbocycles. The fourth-order valence-electron chi connectivity index (χ4n) is 4.41. The van der Waals surface area contributed by atoms with Gasteiger partial charge in [0.1, 0.15) is 41.2 Å². The summed E-state index contributed by atoms with van der Waals surface area (Å²) >= 11 is 0. The highest BCUT2D eigenvalue weighted by atomic mass is 16.6. The second-order valence-corrected chi connectivity index (χ2v) is 9.55. The molecule has 0 radical (unpaired) electrons. The number of carbonyl (C=O) groups is 1. The van der Waals surface area contributed by atoms with Gasteiger partial charge in [-0.15, -0.1) is 0 Å². The number of carbonyl (C=O) groups excluding carboxylic acids is 1. The van der Waals surface area contributed by atoms with Gasteiger partial charge < -0.3 is 24.7 Å². The number of benzene rings is 4. The average Bonchev–Trinajstić information content (AvgIpc) is 2.96. The van der Waals surface area contributed by atoms with Gasteiger partial charge >= 0.3 is 5.97 Å². The maximum Gasteiger partial charge on any atom is 0.349 e. The Morgan fingerprint density at radius 3 is 2.30 bits per heavy atom. The van der Waals surface area contributed by atoms with Gasteiger partial charge in [0.2, 0.25) is 5.88 Å². The highest BCUT2D eigenvalue weighted by molar-refractivity contribution is 5.74. The van der Waals surface area contributed by atoms with Crippen LogP contribution in [0.25, 0.3) is 0 Å². The predicted octanol–water partition coefficient (Wildman–Crippen LogP) is 6.09. The minimum absolute atomic E-state index is 0.00263. The molecular formula is C33H28N2O5. The molecule has 0 saturated heterocycles. The molecule has 7 nitrogen and oxygen atoms in total. The number of ether oxygens (including phenoxy) is 4. The van der Waals surface area contributed by atoms with Crippen molar-refractivity contribution < 1.29 is 23.7 Å². The van der Waals surface area contributed by atoms with Crippen molar-refractivity contribution >= 4 is 5.97 Å². The van der Waals surface area contributed by atoms with E-state index in [9.17, 15) is 10.1 Å². The average molecular weight is 533 g/mol. The number of fused-ring (bicyclic) bond motifs is 1. The molecule has 7 heteroatoms. The van der Waals surface area contributed by atoms with Crippen molar-refractivity contribution in [3.8, 4) is 29.1 Å². The maximum absolute atomic E-state index is 12.4. The van der Waals surface area contributed by atoms with Crippen molar-refractivity contribution in [2.45, 2.75) is 26.4 Å². The zero-order valence-corrected chi connectivity index (χ0v) is 22.2. The molecule has 0 bridgehead atoms. The second-order valence-electron chi connectivity index (χ2n) is 9.55.